The van der Waals surface area contributed by atoms with Gasteiger partial charge in [-0.15, -0.1) is 24.0 Å². The number of likely N-dealkylation sites (N-methyl/N-ethyl adjacent to an activating group) is 1. The molecular weight excluding hydrogens is 461 g/mol. The van der Waals surface area contributed by atoms with Gasteiger partial charge in [-0.25, -0.2) is 14.7 Å². The normalized spacial score (nSPS) is 16.5. The standard InChI is InChI=1S/C17H31N7O2.HI/c1-12(2)16-21-14-7-6-13(11-24(14)22-16)20-17(18-8-9-26-5)19-10-15(25)23(3)4;/h12-13H,6-11H2,1-5H3,(H2,18,19,20);1H. The van der Waals surface area contributed by atoms with Gasteiger partial charge in [0.15, 0.2) is 11.8 Å². The molecule has 1 amide bonds. The Balaban J connectivity index is 0.00000364. The number of amides is 1. The highest BCUT2D eigenvalue weighted by molar-refractivity contribution is 14.0. The Hall–Kier alpha value is -1.43. The SMILES string of the molecule is COCCNC(=NCC(=O)N(C)C)NC1CCc2nc(C(C)C)nn2C1.I. The number of halogens is 1. The average Bonchev–Trinajstić information content (AvgIpc) is 3.03. The molecule has 9 nitrogen and oxygen atoms in total. The number of nitrogens with zero attached hydrogens (tertiary/aromatic N) is 5. The lowest BCUT2D eigenvalue weighted by Crippen LogP contribution is -2.48. The summed E-state index contributed by atoms with van der Waals surface area (Å²) in [5.41, 5.74) is 0. The van der Waals surface area contributed by atoms with Crippen LogP contribution in [0.2, 0.25) is 0 Å². The molecule has 0 spiro atoms. The molecular formula is C17H32IN7O2. The molecule has 1 aromatic heterocycles. The summed E-state index contributed by atoms with van der Waals surface area (Å²) in [4.78, 5) is 22.4. The van der Waals surface area contributed by atoms with Gasteiger partial charge >= 0.3 is 0 Å². The van der Waals surface area contributed by atoms with E-state index in [9.17, 15) is 4.79 Å². The van der Waals surface area contributed by atoms with Gasteiger partial charge in [-0.05, 0) is 6.42 Å². The molecule has 1 aliphatic heterocycles. The van der Waals surface area contributed by atoms with Gasteiger partial charge in [-0.3, -0.25) is 4.79 Å². The molecule has 1 aliphatic rings. The van der Waals surface area contributed by atoms with Crippen molar-refractivity contribution in [2.75, 3.05) is 40.9 Å². The molecule has 2 heterocycles. The number of hydrogen-bond donors (Lipinski definition) is 2. The van der Waals surface area contributed by atoms with Crippen LogP contribution in [0.5, 0.6) is 0 Å². The summed E-state index contributed by atoms with van der Waals surface area (Å²) < 4.78 is 7.06. The third-order valence-electron chi connectivity index (χ3n) is 4.20. The van der Waals surface area contributed by atoms with E-state index in [0.29, 0.717) is 25.0 Å². The van der Waals surface area contributed by atoms with E-state index in [4.69, 9.17) is 4.74 Å². The molecule has 10 heteroatoms. The molecule has 27 heavy (non-hydrogen) atoms. The van der Waals surface area contributed by atoms with Crippen LogP contribution < -0.4 is 10.6 Å². The van der Waals surface area contributed by atoms with E-state index in [1.165, 1.54) is 4.90 Å². The van der Waals surface area contributed by atoms with Crippen LogP contribution in [0.1, 0.15) is 37.8 Å². The van der Waals surface area contributed by atoms with Crippen LogP contribution in [-0.4, -0.2) is 78.5 Å². The third-order valence-corrected chi connectivity index (χ3v) is 4.20. The maximum absolute atomic E-state index is 11.8. The smallest absolute Gasteiger partial charge is 0.243 e. The van der Waals surface area contributed by atoms with E-state index in [-0.39, 0.29) is 42.5 Å². The van der Waals surface area contributed by atoms with Gasteiger partial charge in [0.05, 0.1) is 13.2 Å². The number of aromatic nitrogens is 3. The van der Waals surface area contributed by atoms with Gasteiger partial charge in [0, 0.05) is 46.1 Å². The number of carbonyl (C=O) groups is 1. The van der Waals surface area contributed by atoms with E-state index in [1.807, 2.05) is 4.68 Å². The monoisotopic (exact) mass is 493 g/mol. The number of rotatable bonds is 7. The Morgan fingerprint density at radius 3 is 2.81 bits per heavy atom. The van der Waals surface area contributed by atoms with Gasteiger partial charge < -0.3 is 20.3 Å². The first kappa shape index (κ1) is 23.6. The number of fused-ring (bicyclic) bond motifs is 1. The van der Waals surface area contributed by atoms with Crippen LogP contribution in [0.25, 0.3) is 0 Å². The molecule has 0 aliphatic carbocycles. The Bertz CT molecular complexity index is 631. The lowest BCUT2D eigenvalue weighted by Gasteiger charge is -2.25. The van der Waals surface area contributed by atoms with E-state index >= 15 is 0 Å². The minimum atomic E-state index is -0.0402. The van der Waals surface area contributed by atoms with Gasteiger partial charge in [-0.1, -0.05) is 13.8 Å². The number of aryl methyl sites for hydroxylation is 1. The van der Waals surface area contributed by atoms with E-state index in [1.54, 1.807) is 21.2 Å². The molecule has 154 valence electrons. The molecule has 0 fully saturated rings. The molecule has 0 saturated heterocycles. The zero-order valence-electron chi connectivity index (χ0n) is 16.9. The maximum atomic E-state index is 11.8. The predicted molar refractivity (Wildman–Crippen MR) is 116 cm³/mol. The van der Waals surface area contributed by atoms with E-state index < -0.39 is 0 Å². The van der Waals surface area contributed by atoms with Crippen LogP contribution >= 0.6 is 24.0 Å². The Morgan fingerprint density at radius 1 is 1.44 bits per heavy atom. The maximum Gasteiger partial charge on any atom is 0.243 e. The highest BCUT2D eigenvalue weighted by atomic mass is 127. The second kappa shape index (κ2) is 11.4. The van der Waals surface area contributed by atoms with Gasteiger partial charge in [0.2, 0.25) is 5.91 Å². The van der Waals surface area contributed by atoms with Crippen molar-refractivity contribution >= 4 is 35.8 Å². The minimum Gasteiger partial charge on any atom is -0.383 e. The molecule has 0 radical (unpaired) electrons. The summed E-state index contributed by atoms with van der Waals surface area (Å²) in [6.07, 6.45) is 1.82. The van der Waals surface area contributed by atoms with Crippen molar-refractivity contribution in [1.82, 2.24) is 30.3 Å². The summed E-state index contributed by atoms with van der Waals surface area (Å²) in [5, 5.41) is 11.2. The number of hydrogen-bond acceptors (Lipinski definition) is 5. The average molecular weight is 493 g/mol. The van der Waals surface area contributed by atoms with Crippen molar-refractivity contribution in [1.29, 1.82) is 0 Å². The van der Waals surface area contributed by atoms with E-state index in [0.717, 1.165) is 31.0 Å². The van der Waals surface area contributed by atoms with Crippen LogP contribution in [-0.2, 0) is 22.5 Å². The number of ether oxygens (including phenoxy) is 1. The summed E-state index contributed by atoms with van der Waals surface area (Å²) in [6.45, 7) is 6.23. The zero-order chi connectivity index (χ0) is 19.1. The largest absolute Gasteiger partial charge is 0.383 e. The molecule has 0 bridgehead atoms. The lowest BCUT2D eigenvalue weighted by atomic mass is 10.1. The molecule has 1 aromatic rings. The summed E-state index contributed by atoms with van der Waals surface area (Å²) in [5.74, 6) is 2.84. The fraction of sp³-hybridized carbons (Fsp3) is 0.765. The highest BCUT2D eigenvalue weighted by Crippen LogP contribution is 2.16. The first-order chi connectivity index (χ1) is 12.4. The van der Waals surface area contributed by atoms with Crippen molar-refractivity contribution in [3.63, 3.8) is 0 Å². The number of guanidine groups is 1. The van der Waals surface area contributed by atoms with Gasteiger partial charge in [-0.2, -0.15) is 5.10 Å². The van der Waals surface area contributed by atoms with E-state index in [2.05, 4.69) is 39.6 Å². The van der Waals surface area contributed by atoms with Crippen molar-refractivity contribution in [3.8, 4) is 0 Å². The molecule has 0 saturated carbocycles. The lowest BCUT2D eigenvalue weighted by molar-refractivity contribution is -0.127. The summed E-state index contributed by atoms with van der Waals surface area (Å²) in [6, 6.07) is 0.187. The number of carbonyl (C=O) groups excluding carboxylic acids is 1. The second-order valence-corrected chi connectivity index (χ2v) is 6.98. The van der Waals surface area contributed by atoms with Crippen molar-refractivity contribution < 1.29 is 9.53 Å². The number of aliphatic imine (C=N–C) groups is 1. The van der Waals surface area contributed by atoms with Crippen LogP contribution in [0.15, 0.2) is 4.99 Å². The molecule has 2 N–H and O–H groups in total. The Kier molecular flexibility index (Phi) is 9.99. The molecule has 1 unspecified atom stereocenters. The van der Waals surface area contributed by atoms with Gasteiger partial charge in [0.25, 0.3) is 0 Å². The molecule has 0 aromatic carbocycles. The Morgan fingerprint density at radius 2 is 2.19 bits per heavy atom. The predicted octanol–water partition coefficient (Wildman–Crippen LogP) is 0.604. The van der Waals surface area contributed by atoms with Crippen molar-refractivity contribution in [2.45, 2.75) is 45.2 Å². The van der Waals surface area contributed by atoms with Crippen molar-refractivity contribution in [3.05, 3.63) is 11.6 Å². The van der Waals surface area contributed by atoms with Crippen LogP contribution in [0.4, 0.5) is 0 Å². The second-order valence-electron chi connectivity index (χ2n) is 6.98. The van der Waals surface area contributed by atoms with Crippen LogP contribution in [0.3, 0.4) is 0 Å². The quantitative estimate of drug-likeness (QED) is 0.250. The Labute approximate surface area is 178 Å². The molecule has 2 rings (SSSR count). The van der Waals surface area contributed by atoms with Gasteiger partial charge in [0.1, 0.15) is 12.4 Å². The fourth-order valence-corrected chi connectivity index (χ4v) is 2.60. The minimum absolute atomic E-state index is 0. The number of nitrogens with one attached hydrogen (secondary N) is 2. The van der Waals surface area contributed by atoms with Crippen LogP contribution in [0, 0.1) is 0 Å². The third kappa shape index (κ3) is 7.24. The zero-order valence-corrected chi connectivity index (χ0v) is 19.2. The number of methoxy groups -OCH3 is 1. The first-order valence-electron chi connectivity index (χ1n) is 9.08. The summed E-state index contributed by atoms with van der Waals surface area (Å²) >= 11 is 0. The molecule has 1 atom stereocenters. The topological polar surface area (TPSA) is 96.7 Å². The summed E-state index contributed by atoms with van der Waals surface area (Å²) in [7, 11) is 5.10. The first-order valence-corrected chi connectivity index (χ1v) is 9.08. The fourth-order valence-electron chi connectivity index (χ4n) is 2.60. The van der Waals surface area contributed by atoms with Crippen molar-refractivity contribution in [2.24, 2.45) is 4.99 Å². The highest BCUT2D eigenvalue weighted by Gasteiger charge is 2.23.